The van der Waals surface area contributed by atoms with Crippen LogP contribution in [0.4, 0.5) is 11.4 Å². The van der Waals surface area contributed by atoms with Gasteiger partial charge in [0, 0.05) is 29.3 Å². The number of aromatic nitrogens is 1. The normalized spacial score (nSPS) is 16.9. The molecule has 0 atom stereocenters. The molecule has 2 fully saturated rings. The number of nitrogens with one attached hydrogen (secondary N) is 2. The molecule has 6 nitrogen and oxygen atoms in total. The summed E-state index contributed by atoms with van der Waals surface area (Å²) in [6.45, 7) is 0. The lowest BCUT2D eigenvalue weighted by Gasteiger charge is -2.06. The lowest BCUT2D eigenvalue weighted by atomic mass is 10.2. The van der Waals surface area contributed by atoms with Gasteiger partial charge in [0.25, 0.3) is 5.91 Å². The number of nitrogens with zero attached hydrogens (tertiary/aromatic N) is 1. The van der Waals surface area contributed by atoms with Gasteiger partial charge in [-0.05, 0) is 49.9 Å². The monoisotopic (exact) mass is 311 g/mol. The highest BCUT2D eigenvalue weighted by molar-refractivity contribution is 6.03. The van der Waals surface area contributed by atoms with Crippen molar-refractivity contribution in [2.24, 2.45) is 5.92 Å². The van der Waals surface area contributed by atoms with Gasteiger partial charge < -0.3 is 15.2 Å². The molecule has 0 aliphatic heterocycles. The molecule has 0 bridgehead atoms. The summed E-state index contributed by atoms with van der Waals surface area (Å²) in [5.41, 5.74) is 1.67. The van der Waals surface area contributed by atoms with Gasteiger partial charge in [-0.3, -0.25) is 9.59 Å². The lowest BCUT2D eigenvalue weighted by molar-refractivity contribution is -0.117. The highest BCUT2D eigenvalue weighted by Gasteiger charge is 2.30. The molecule has 0 saturated heterocycles. The molecule has 2 aliphatic carbocycles. The third kappa shape index (κ3) is 3.26. The molecule has 6 heteroatoms. The molecular formula is C17H17N3O3. The minimum Gasteiger partial charge on any atom is -0.360 e. The first-order valence-corrected chi connectivity index (χ1v) is 7.88. The van der Waals surface area contributed by atoms with Crippen LogP contribution < -0.4 is 10.6 Å². The van der Waals surface area contributed by atoms with Crippen LogP contribution in [0.15, 0.2) is 34.9 Å². The van der Waals surface area contributed by atoms with Crippen LogP contribution in [0.3, 0.4) is 0 Å². The van der Waals surface area contributed by atoms with Crippen LogP contribution in [-0.4, -0.2) is 17.0 Å². The number of carbonyl (C=O) groups excluding carboxylic acids is 2. The first kappa shape index (κ1) is 14.0. The zero-order chi connectivity index (χ0) is 15.8. The van der Waals surface area contributed by atoms with Gasteiger partial charge in [0.15, 0.2) is 5.69 Å². The number of rotatable bonds is 5. The van der Waals surface area contributed by atoms with Crippen LogP contribution in [0.25, 0.3) is 0 Å². The highest BCUT2D eigenvalue weighted by Crippen LogP contribution is 2.40. The molecule has 0 unspecified atom stereocenters. The quantitative estimate of drug-likeness (QED) is 0.888. The maximum Gasteiger partial charge on any atom is 0.277 e. The predicted molar refractivity (Wildman–Crippen MR) is 84.2 cm³/mol. The fourth-order valence-electron chi connectivity index (χ4n) is 2.38. The fourth-order valence-corrected chi connectivity index (χ4v) is 2.38. The Morgan fingerprint density at radius 3 is 2.26 bits per heavy atom. The van der Waals surface area contributed by atoms with E-state index in [2.05, 4.69) is 15.8 Å². The Labute approximate surface area is 133 Å². The van der Waals surface area contributed by atoms with Crippen LogP contribution >= 0.6 is 0 Å². The van der Waals surface area contributed by atoms with Crippen molar-refractivity contribution in [3.63, 3.8) is 0 Å². The number of anilines is 2. The largest absolute Gasteiger partial charge is 0.360 e. The molecule has 2 aliphatic rings. The van der Waals surface area contributed by atoms with Crippen molar-refractivity contribution < 1.29 is 14.1 Å². The fraction of sp³-hybridized carbons (Fsp3) is 0.353. The van der Waals surface area contributed by atoms with Gasteiger partial charge in [-0.25, -0.2) is 0 Å². The summed E-state index contributed by atoms with van der Waals surface area (Å²) >= 11 is 0. The molecule has 2 amide bonds. The Kier molecular flexibility index (Phi) is 3.37. The van der Waals surface area contributed by atoms with Gasteiger partial charge in [-0.2, -0.15) is 0 Å². The van der Waals surface area contributed by atoms with Crippen molar-refractivity contribution in [3.05, 3.63) is 41.8 Å². The molecule has 2 saturated carbocycles. The van der Waals surface area contributed by atoms with Crippen LogP contribution in [-0.2, 0) is 4.79 Å². The molecule has 0 radical (unpaired) electrons. The smallest absolute Gasteiger partial charge is 0.277 e. The van der Waals surface area contributed by atoms with E-state index in [9.17, 15) is 9.59 Å². The molecule has 2 N–H and O–H groups in total. The van der Waals surface area contributed by atoms with E-state index in [1.165, 1.54) is 0 Å². The topological polar surface area (TPSA) is 84.2 Å². The van der Waals surface area contributed by atoms with E-state index in [0.29, 0.717) is 11.6 Å². The average Bonchev–Trinajstić information content (AvgIpc) is 3.47. The predicted octanol–water partition coefficient (Wildman–Crippen LogP) is 3.15. The number of benzene rings is 1. The second kappa shape index (κ2) is 5.53. The zero-order valence-corrected chi connectivity index (χ0v) is 12.5. The first-order chi connectivity index (χ1) is 11.2. The van der Waals surface area contributed by atoms with Crippen molar-refractivity contribution >= 4 is 23.2 Å². The second-order valence-electron chi connectivity index (χ2n) is 6.18. The van der Waals surface area contributed by atoms with Crippen molar-refractivity contribution in [2.75, 3.05) is 10.6 Å². The maximum atomic E-state index is 12.1. The van der Waals surface area contributed by atoms with Crippen LogP contribution in [0.2, 0.25) is 0 Å². The number of amides is 2. The maximum absolute atomic E-state index is 12.1. The minimum atomic E-state index is -0.296. The Bertz CT molecular complexity index is 743. The van der Waals surface area contributed by atoms with Gasteiger partial charge in [0.2, 0.25) is 5.91 Å². The summed E-state index contributed by atoms with van der Waals surface area (Å²) in [4.78, 5) is 23.8. The summed E-state index contributed by atoms with van der Waals surface area (Å²) in [5, 5.41) is 9.44. The first-order valence-electron chi connectivity index (χ1n) is 7.88. The average molecular weight is 311 g/mol. The summed E-state index contributed by atoms with van der Waals surface area (Å²) in [6.07, 6.45) is 4.15. The summed E-state index contributed by atoms with van der Waals surface area (Å²) in [5.74, 6) is 1.15. The van der Waals surface area contributed by atoms with Gasteiger partial charge in [-0.1, -0.05) is 5.16 Å². The van der Waals surface area contributed by atoms with Crippen LogP contribution in [0.1, 0.15) is 47.8 Å². The van der Waals surface area contributed by atoms with E-state index in [0.717, 1.165) is 37.1 Å². The Hall–Kier alpha value is -2.63. The van der Waals surface area contributed by atoms with E-state index >= 15 is 0 Å². The molecule has 1 aromatic heterocycles. The minimum absolute atomic E-state index is 0.0667. The number of hydrogen-bond acceptors (Lipinski definition) is 4. The lowest BCUT2D eigenvalue weighted by Crippen LogP contribution is -2.14. The van der Waals surface area contributed by atoms with Crippen LogP contribution in [0.5, 0.6) is 0 Å². The SMILES string of the molecule is O=C(Nc1ccc(NC(=O)C2CC2)cc1)c1cc(C2CC2)on1. The van der Waals surface area contributed by atoms with E-state index in [1.54, 1.807) is 30.3 Å². The van der Waals surface area contributed by atoms with E-state index < -0.39 is 0 Å². The van der Waals surface area contributed by atoms with Crippen LogP contribution in [0, 0.1) is 5.92 Å². The standard InChI is InChI=1S/C17H17N3O3/c21-16(11-3-4-11)18-12-5-7-13(8-6-12)19-17(22)14-9-15(23-20-14)10-1-2-10/h5-11H,1-4H2,(H,18,21)(H,19,22). The Morgan fingerprint density at radius 2 is 1.65 bits per heavy atom. The summed E-state index contributed by atoms with van der Waals surface area (Å²) in [7, 11) is 0. The van der Waals surface area contributed by atoms with Crippen molar-refractivity contribution in [2.45, 2.75) is 31.6 Å². The zero-order valence-electron chi connectivity index (χ0n) is 12.5. The van der Waals surface area contributed by atoms with E-state index in [-0.39, 0.29) is 23.4 Å². The molecule has 2 aromatic rings. The highest BCUT2D eigenvalue weighted by atomic mass is 16.5. The third-order valence-corrected chi connectivity index (χ3v) is 4.10. The summed E-state index contributed by atoms with van der Waals surface area (Å²) in [6, 6.07) is 8.75. The van der Waals surface area contributed by atoms with E-state index in [4.69, 9.17) is 4.52 Å². The summed E-state index contributed by atoms with van der Waals surface area (Å²) < 4.78 is 5.18. The third-order valence-electron chi connectivity index (χ3n) is 4.10. The molecule has 23 heavy (non-hydrogen) atoms. The van der Waals surface area contributed by atoms with Gasteiger partial charge in [0.1, 0.15) is 5.76 Å². The molecule has 118 valence electrons. The van der Waals surface area contributed by atoms with Crippen molar-refractivity contribution in [1.82, 2.24) is 5.16 Å². The Morgan fingerprint density at radius 1 is 1.00 bits per heavy atom. The molecule has 1 aromatic carbocycles. The van der Waals surface area contributed by atoms with E-state index in [1.807, 2.05) is 0 Å². The van der Waals surface area contributed by atoms with Crippen molar-refractivity contribution in [3.8, 4) is 0 Å². The molecule has 4 rings (SSSR count). The van der Waals surface area contributed by atoms with Crippen molar-refractivity contribution in [1.29, 1.82) is 0 Å². The molecular weight excluding hydrogens is 294 g/mol. The molecule has 0 spiro atoms. The number of hydrogen-bond donors (Lipinski definition) is 2. The van der Waals surface area contributed by atoms with Gasteiger partial charge in [0.05, 0.1) is 0 Å². The Balaban J connectivity index is 1.37. The van der Waals surface area contributed by atoms with Gasteiger partial charge in [-0.15, -0.1) is 0 Å². The second-order valence-corrected chi connectivity index (χ2v) is 6.18. The number of carbonyl (C=O) groups is 2. The molecule has 1 heterocycles. The van der Waals surface area contributed by atoms with Gasteiger partial charge >= 0.3 is 0 Å².